The number of benzene rings is 3. The number of rotatable bonds is 2. The Balaban J connectivity index is 2.06. The lowest BCUT2D eigenvalue weighted by Crippen LogP contribution is -1.91. The molecule has 0 N–H and O–H groups in total. The van der Waals surface area contributed by atoms with E-state index in [1.165, 1.54) is 6.07 Å². The number of thiol groups is 1. The molecule has 0 bridgehead atoms. The molecule has 0 aliphatic carbocycles. The lowest BCUT2D eigenvalue weighted by atomic mass is 9.98. The summed E-state index contributed by atoms with van der Waals surface area (Å²) in [5.41, 5.74) is 2.76. The third-order valence-electron chi connectivity index (χ3n) is 3.65. The maximum atomic E-state index is 14.4. The SMILES string of the molecule is Cc1cccc(-c2ccc(-c3ccc(S)cc3)c(F)c2)c1F. The Labute approximate surface area is 133 Å². The fourth-order valence-electron chi connectivity index (χ4n) is 2.43. The highest BCUT2D eigenvalue weighted by Crippen LogP contribution is 2.30. The van der Waals surface area contributed by atoms with Crippen LogP contribution >= 0.6 is 12.6 Å². The maximum Gasteiger partial charge on any atom is 0.133 e. The number of halogens is 2. The van der Waals surface area contributed by atoms with Gasteiger partial charge in [0.1, 0.15) is 11.6 Å². The van der Waals surface area contributed by atoms with E-state index in [0.717, 1.165) is 10.5 Å². The molecule has 0 saturated carbocycles. The molecule has 0 radical (unpaired) electrons. The molecule has 0 nitrogen and oxygen atoms in total. The van der Waals surface area contributed by atoms with Crippen LogP contribution in [0.5, 0.6) is 0 Å². The molecule has 0 aromatic heterocycles. The highest BCUT2D eigenvalue weighted by atomic mass is 32.1. The van der Waals surface area contributed by atoms with Crippen LogP contribution in [0.3, 0.4) is 0 Å². The maximum absolute atomic E-state index is 14.4. The summed E-state index contributed by atoms with van der Waals surface area (Å²) < 4.78 is 28.6. The summed E-state index contributed by atoms with van der Waals surface area (Å²) in [6, 6.07) is 17.2. The van der Waals surface area contributed by atoms with Gasteiger partial charge in [-0.05, 0) is 41.8 Å². The first-order valence-electron chi connectivity index (χ1n) is 6.90. The van der Waals surface area contributed by atoms with Gasteiger partial charge in [0.25, 0.3) is 0 Å². The van der Waals surface area contributed by atoms with Gasteiger partial charge in [0.15, 0.2) is 0 Å². The molecule has 0 saturated heterocycles. The molecule has 22 heavy (non-hydrogen) atoms. The van der Waals surface area contributed by atoms with Gasteiger partial charge in [0, 0.05) is 16.0 Å². The molecule has 3 rings (SSSR count). The van der Waals surface area contributed by atoms with Crippen molar-refractivity contribution in [3.05, 3.63) is 77.9 Å². The van der Waals surface area contributed by atoms with Gasteiger partial charge in [-0.3, -0.25) is 0 Å². The average molecular weight is 312 g/mol. The van der Waals surface area contributed by atoms with E-state index in [1.807, 2.05) is 24.3 Å². The average Bonchev–Trinajstić information content (AvgIpc) is 2.51. The molecule has 3 aromatic carbocycles. The topological polar surface area (TPSA) is 0 Å². The Morgan fingerprint density at radius 3 is 2.14 bits per heavy atom. The van der Waals surface area contributed by atoms with Crippen molar-refractivity contribution >= 4 is 12.6 Å². The van der Waals surface area contributed by atoms with Crippen LogP contribution in [0.25, 0.3) is 22.3 Å². The molecule has 0 spiro atoms. The van der Waals surface area contributed by atoms with E-state index in [2.05, 4.69) is 12.6 Å². The zero-order chi connectivity index (χ0) is 15.7. The van der Waals surface area contributed by atoms with Gasteiger partial charge in [-0.25, -0.2) is 8.78 Å². The number of hydrogen-bond donors (Lipinski definition) is 1. The third kappa shape index (κ3) is 2.77. The molecular weight excluding hydrogens is 298 g/mol. The predicted molar refractivity (Wildman–Crippen MR) is 89.2 cm³/mol. The van der Waals surface area contributed by atoms with Gasteiger partial charge in [0.2, 0.25) is 0 Å². The van der Waals surface area contributed by atoms with Crippen LogP contribution in [0.1, 0.15) is 5.56 Å². The summed E-state index contributed by atoms with van der Waals surface area (Å²) in [7, 11) is 0. The van der Waals surface area contributed by atoms with Crippen molar-refractivity contribution in [2.75, 3.05) is 0 Å². The van der Waals surface area contributed by atoms with Crippen LogP contribution in [-0.4, -0.2) is 0 Å². The summed E-state index contributed by atoms with van der Waals surface area (Å²) in [5.74, 6) is -0.681. The van der Waals surface area contributed by atoms with E-state index >= 15 is 0 Å². The first kappa shape index (κ1) is 14.8. The highest BCUT2D eigenvalue weighted by Gasteiger charge is 2.11. The van der Waals surface area contributed by atoms with Crippen molar-refractivity contribution in [1.29, 1.82) is 0 Å². The van der Waals surface area contributed by atoms with Crippen molar-refractivity contribution in [3.63, 3.8) is 0 Å². The summed E-state index contributed by atoms with van der Waals surface area (Å²) in [6.45, 7) is 1.70. The standard InChI is InChI=1S/C19H14F2S/c1-12-3-2-4-17(19(12)21)14-7-10-16(18(20)11-14)13-5-8-15(22)9-6-13/h2-11,22H,1H3. The minimum atomic E-state index is -0.370. The largest absolute Gasteiger partial charge is 0.206 e. The minimum Gasteiger partial charge on any atom is -0.206 e. The summed E-state index contributed by atoms with van der Waals surface area (Å²) >= 11 is 4.22. The van der Waals surface area contributed by atoms with E-state index in [-0.39, 0.29) is 11.6 Å². The second-order valence-corrected chi connectivity index (χ2v) is 5.69. The Hall–Kier alpha value is -2.13. The van der Waals surface area contributed by atoms with Gasteiger partial charge in [-0.1, -0.05) is 42.5 Å². The molecular formula is C19H14F2S. The van der Waals surface area contributed by atoms with E-state index in [4.69, 9.17) is 0 Å². The molecule has 0 aliphatic heterocycles. The van der Waals surface area contributed by atoms with Gasteiger partial charge >= 0.3 is 0 Å². The van der Waals surface area contributed by atoms with Crippen LogP contribution in [0, 0.1) is 18.6 Å². The van der Waals surface area contributed by atoms with Crippen LogP contribution in [0.2, 0.25) is 0 Å². The Morgan fingerprint density at radius 1 is 0.773 bits per heavy atom. The summed E-state index contributed by atoms with van der Waals surface area (Å²) in [6.07, 6.45) is 0. The second kappa shape index (κ2) is 5.93. The van der Waals surface area contributed by atoms with E-state index in [1.54, 1.807) is 37.3 Å². The van der Waals surface area contributed by atoms with Crippen LogP contribution in [0.15, 0.2) is 65.6 Å². The first-order chi connectivity index (χ1) is 10.6. The van der Waals surface area contributed by atoms with E-state index in [0.29, 0.717) is 22.3 Å². The van der Waals surface area contributed by atoms with E-state index in [9.17, 15) is 8.78 Å². The van der Waals surface area contributed by atoms with Gasteiger partial charge < -0.3 is 0 Å². The Morgan fingerprint density at radius 2 is 1.45 bits per heavy atom. The van der Waals surface area contributed by atoms with E-state index < -0.39 is 0 Å². The molecule has 3 aromatic rings. The van der Waals surface area contributed by atoms with Gasteiger partial charge in [0.05, 0.1) is 0 Å². The van der Waals surface area contributed by atoms with Gasteiger partial charge in [-0.15, -0.1) is 12.6 Å². The van der Waals surface area contributed by atoms with Crippen molar-refractivity contribution in [1.82, 2.24) is 0 Å². The molecule has 0 aliphatic rings. The zero-order valence-electron chi connectivity index (χ0n) is 12.0. The molecule has 0 fully saturated rings. The van der Waals surface area contributed by atoms with Crippen molar-refractivity contribution in [2.24, 2.45) is 0 Å². The Bertz CT molecular complexity index is 823. The molecule has 0 amide bonds. The van der Waals surface area contributed by atoms with Crippen LogP contribution in [-0.2, 0) is 0 Å². The fraction of sp³-hybridized carbons (Fsp3) is 0.0526. The second-order valence-electron chi connectivity index (χ2n) is 5.18. The summed E-state index contributed by atoms with van der Waals surface area (Å²) in [4.78, 5) is 0.822. The normalized spacial score (nSPS) is 10.7. The summed E-state index contributed by atoms with van der Waals surface area (Å²) in [5, 5.41) is 0. The molecule has 0 heterocycles. The molecule has 3 heteroatoms. The molecule has 0 unspecified atom stereocenters. The van der Waals surface area contributed by atoms with Crippen LogP contribution < -0.4 is 0 Å². The van der Waals surface area contributed by atoms with Crippen molar-refractivity contribution in [2.45, 2.75) is 11.8 Å². The highest BCUT2D eigenvalue weighted by molar-refractivity contribution is 7.80. The first-order valence-corrected chi connectivity index (χ1v) is 7.35. The quantitative estimate of drug-likeness (QED) is 0.560. The smallest absolute Gasteiger partial charge is 0.133 e. The van der Waals surface area contributed by atoms with Crippen LogP contribution in [0.4, 0.5) is 8.78 Å². The lowest BCUT2D eigenvalue weighted by Gasteiger charge is -2.09. The number of hydrogen-bond acceptors (Lipinski definition) is 1. The van der Waals surface area contributed by atoms with Crippen molar-refractivity contribution in [3.8, 4) is 22.3 Å². The molecule has 110 valence electrons. The fourth-order valence-corrected chi connectivity index (χ4v) is 2.58. The van der Waals surface area contributed by atoms with Gasteiger partial charge in [-0.2, -0.15) is 0 Å². The monoisotopic (exact) mass is 312 g/mol. The Kier molecular flexibility index (Phi) is 3.99. The molecule has 0 atom stereocenters. The lowest BCUT2D eigenvalue weighted by molar-refractivity contribution is 0.620. The van der Waals surface area contributed by atoms with Crippen molar-refractivity contribution < 1.29 is 8.78 Å². The minimum absolute atomic E-state index is 0.311. The predicted octanol–water partition coefficient (Wildman–Crippen LogP) is 5.90. The number of aryl methyl sites for hydroxylation is 1. The third-order valence-corrected chi connectivity index (χ3v) is 3.95. The zero-order valence-corrected chi connectivity index (χ0v) is 12.9.